The zero-order valence-electron chi connectivity index (χ0n) is 32.1. The lowest BCUT2D eigenvalue weighted by molar-refractivity contribution is 0.628. The number of benzene rings is 8. The highest BCUT2D eigenvalue weighted by Gasteiger charge is 2.22. The number of fused-ring (bicyclic) bond motifs is 3. The summed E-state index contributed by atoms with van der Waals surface area (Å²) in [5.74, 6) is 1.41. The second-order valence-electron chi connectivity index (χ2n) is 14.7. The SMILES string of the molecule is Cc1ccccc1-c1ccc2c3ccc(-c4ccccc4C)cc3n(-c3cc(-c4cccc(F)c4)ccc3-c3nc(-c4ccccc4)nc(-c4ccccc4)n3)c2c1. The summed E-state index contributed by atoms with van der Waals surface area (Å²) in [4.78, 5) is 15.4. The van der Waals surface area contributed by atoms with Crippen molar-refractivity contribution in [3.05, 3.63) is 205 Å². The van der Waals surface area contributed by atoms with Crippen LogP contribution in [-0.4, -0.2) is 19.5 Å². The summed E-state index contributed by atoms with van der Waals surface area (Å²) in [6, 6.07) is 63.6. The van der Waals surface area contributed by atoms with Crippen LogP contribution in [0.3, 0.4) is 0 Å². The molecule has 0 atom stereocenters. The molecule has 0 N–H and O–H groups in total. The molecule has 8 aromatic carbocycles. The van der Waals surface area contributed by atoms with Crippen LogP contribution in [0.2, 0.25) is 0 Å². The minimum absolute atomic E-state index is 0.289. The maximum absolute atomic E-state index is 14.8. The van der Waals surface area contributed by atoms with Crippen molar-refractivity contribution in [2.75, 3.05) is 0 Å². The summed E-state index contributed by atoms with van der Waals surface area (Å²) >= 11 is 0. The molecule has 0 unspecified atom stereocenters. The van der Waals surface area contributed by atoms with Crippen LogP contribution in [0, 0.1) is 19.7 Å². The Balaban J connectivity index is 1.32. The van der Waals surface area contributed by atoms with Crippen LogP contribution >= 0.6 is 0 Å². The highest BCUT2D eigenvalue weighted by atomic mass is 19.1. The predicted molar refractivity (Wildman–Crippen MR) is 236 cm³/mol. The van der Waals surface area contributed by atoms with Crippen molar-refractivity contribution < 1.29 is 4.39 Å². The van der Waals surface area contributed by atoms with Gasteiger partial charge in [0.05, 0.1) is 16.7 Å². The van der Waals surface area contributed by atoms with Gasteiger partial charge in [-0.2, -0.15) is 0 Å². The molecule has 4 nitrogen and oxygen atoms in total. The lowest BCUT2D eigenvalue weighted by Crippen LogP contribution is -2.04. The highest BCUT2D eigenvalue weighted by molar-refractivity contribution is 6.12. The number of hydrogen-bond acceptors (Lipinski definition) is 3. The van der Waals surface area contributed by atoms with Gasteiger partial charge in [0.15, 0.2) is 17.5 Å². The first-order valence-electron chi connectivity index (χ1n) is 19.5. The van der Waals surface area contributed by atoms with Crippen molar-refractivity contribution in [1.82, 2.24) is 19.5 Å². The summed E-state index contributed by atoms with van der Waals surface area (Å²) in [7, 11) is 0. The summed E-state index contributed by atoms with van der Waals surface area (Å²) in [5.41, 5.74) is 14.2. The first kappa shape index (κ1) is 35.0. The summed E-state index contributed by atoms with van der Waals surface area (Å²) < 4.78 is 17.2. The molecule has 0 aliphatic rings. The van der Waals surface area contributed by atoms with Crippen LogP contribution in [-0.2, 0) is 0 Å². The van der Waals surface area contributed by atoms with Gasteiger partial charge in [0.25, 0.3) is 0 Å². The third kappa shape index (κ3) is 6.33. The van der Waals surface area contributed by atoms with Gasteiger partial charge in [-0.3, -0.25) is 0 Å². The van der Waals surface area contributed by atoms with E-state index in [0.717, 1.165) is 66.4 Å². The van der Waals surface area contributed by atoms with Crippen LogP contribution in [0.25, 0.3) is 95.0 Å². The van der Waals surface area contributed by atoms with Crippen molar-refractivity contribution in [2.45, 2.75) is 13.8 Å². The average Bonchev–Trinajstić information content (AvgIpc) is 3.59. The van der Waals surface area contributed by atoms with Gasteiger partial charge < -0.3 is 4.57 Å². The topological polar surface area (TPSA) is 43.6 Å². The summed E-state index contributed by atoms with van der Waals surface area (Å²) in [6.45, 7) is 4.30. The van der Waals surface area contributed by atoms with E-state index in [4.69, 9.17) is 15.0 Å². The minimum atomic E-state index is -0.289. The van der Waals surface area contributed by atoms with Crippen LogP contribution in [0.1, 0.15) is 11.1 Å². The maximum atomic E-state index is 14.8. The van der Waals surface area contributed by atoms with Gasteiger partial charge in [-0.15, -0.1) is 0 Å². The van der Waals surface area contributed by atoms with Gasteiger partial charge in [0.2, 0.25) is 0 Å². The fourth-order valence-electron chi connectivity index (χ4n) is 8.09. The Kier molecular flexibility index (Phi) is 8.76. The van der Waals surface area contributed by atoms with E-state index < -0.39 is 0 Å². The van der Waals surface area contributed by atoms with Crippen molar-refractivity contribution in [2.24, 2.45) is 0 Å². The van der Waals surface area contributed by atoms with Crippen molar-refractivity contribution in [3.8, 4) is 73.2 Å². The molecule has 10 aromatic rings. The molecule has 0 spiro atoms. The van der Waals surface area contributed by atoms with E-state index in [9.17, 15) is 4.39 Å². The molecule has 0 radical (unpaired) electrons. The minimum Gasteiger partial charge on any atom is -0.308 e. The van der Waals surface area contributed by atoms with Gasteiger partial charge in [-0.25, -0.2) is 19.3 Å². The lowest BCUT2D eigenvalue weighted by Gasteiger charge is -2.17. The largest absolute Gasteiger partial charge is 0.308 e. The average molecular weight is 749 g/mol. The van der Waals surface area contributed by atoms with Gasteiger partial charge in [0.1, 0.15) is 5.82 Å². The van der Waals surface area contributed by atoms with Crippen LogP contribution < -0.4 is 0 Å². The Morgan fingerprint density at radius 3 is 1.36 bits per heavy atom. The Morgan fingerprint density at radius 1 is 0.362 bits per heavy atom. The molecule has 2 aromatic heterocycles. The van der Waals surface area contributed by atoms with E-state index >= 15 is 0 Å². The lowest BCUT2D eigenvalue weighted by atomic mass is 9.98. The summed E-state index contributed by atoms with van der Waals surface area (Å²) in [5, 5.41) is 2.24. The zero-order valence-corrected chi connectivity index (χ0v) is 32.1. The van der Waals surface area contributed by atoms with E-state index in [-0.39, 0.29) is 5.82 Å². The Labute approximate surface area is 336 Å². The van der Waals surface area contributed by atoms with Crippen molar-refractivity contribution >= 4 is 21.8 Å². The zero-order chi connectivity index (χ0) is 39.2. The first-order valence-corrected chi connectivity index (χ1v) is 19.5. The quantitative estimate of drug-likeness (QED) is 0.163. The van der Waals surface area contributed by atoms with Gasteiger partial charge in [-0.1, -0.05) is 152 Å². The molecule has 0 aliphatic carbocycles. The smallest absolute Gasteiger partial charge is 0.166 e. The molecule has 58 heavy (non-hydrogen) atoms. The molecule has 0 saturated carbocycles. The van der Waals surface area contributed by atoms with Crippen molar-refractivity contribution in [3.63, 3.8) is 0 Å². The van der Waals surface area contributed by atoms with Gasteiger partial charge in [-0.05, 0) is 94.8 Å². The van der Waals surface area contributed by atoms with Crippen LogP contribution in [0.15, 0.2) is 188 Å². The third-order valence-corrected chi connectivity index (χ3v) is 11.0. The normalized spacial score (nSPS) is 11.4. The number of halogens is 1. The molecule has 5 heteroatoms. The molecular weight excluding hydrogens is 712 g/mol. The van der Waals surface area contributed by atoms with Gasteiger partial charge >= 0.3 is 0 Å². The number of aryl methyl sites for hydroxylation is 2. The number of rotatable bonds is 7. The first-order chi connectivity index (χ1) is 28.5. The molecular formula is C53H37FN4. The van der Waals surface area contributed by atoms with Crippen LogP contribution in [0.4, 0.5) is 4.39 Å². The fraction of sp³-hybridized carbons (Fsp3) is 0.0377. The number of aromatic nitrogens is 4. The third-order valence-electron chi connectivity index (χ3n) is 11.0. The Morgan fingerprint density at radius 2 is 0.828 bits per heavy atom. The predicted octanol–water partition coefficient (Wildman–Crippen LogP) is 13.7. The van der Waals surface area contributed by atoms with Crippen molar-refractivity contribution in [1.29, 1.82) is 0 Å². The second kappa shape index (κ2) is 14.5. The molecule has 10 rings (SSSR count). The second-order valence-corrected chi connectivity index (χ2v) is 14.7. The molecule has 0 saturated heterocycles. The van der Waals surface area contributed by atoms with E-state index in [1.165, 1.54) is 28.3 Å². The standard InChI is InChI=1S/C53H37FN4/c1-34-14-9-11-22-43(34)40-25-27-45-46-28-26-41(44-23-12-10-15-35(44)2)33-49(46)58(48(45)32-40)50-31-39(38-20-13-21-42(54)30-38)24-29-47(50)53-56-51(36-16-5-3-6-17-36)55-52(57-53)37-18-7-4-8-19-37/h3-33H,1-2H3. The van der Waals surface area contributed by atoms with E-state index in [0.29, 0.717) is 17.5 Å². The fourth-order valence-corrected chi connectivity index (χ4v) is 8.09. The highest BCUT2D eigenvalue weighted by Crippen LogP contribution is 2.41. The molecule has 0 fully saturated rings. The maximum Gasteiger partial charge on any atom is 0.166 e. The molecule has 276 valence electrons. The number of hydrogen-bond donors (Lipinski definition) is 0. The number of nitrogens with zero attached hydrogens (tertiary/aromatic N) is 4. The van der Waals surface area contributed by atoms with Crippen LogP contribution in [0.5, 0.6) is 0 Å². The molecule has 0 aliphatic heterocycles. The molecule has 2 heterocycles. The van der Waals surface area contributed by atoms with E-state index in [1.54, 1.807) is 12.1 Å². The molecule has 0 amide bonds. The summed E-state index contributed by atoms with van der Waals surface area (Å²) in [6.07, 6.45) is 0. The monoisotopic (exact) mass is 748 g/mol. The van der Waals surface area contributed by atoms with E-state index in [2.05, 4.69) is 115 Å². The van der Waals surface area contributed by atoms with Gasteiger partial charge in [0, 0.05) is 27.5 Å². The molecule has 0 bridgehead atoms. The Hall–Kier alpha value is -7.50. The van der Waals surface area contributed by atoms with E-state index in [1.807, 2.05) is 72.8 Å². The Bertz CT molecular complexity index is 2990.